The van der Waals surface area contributed by atoms with Crippen LogP contribution in [-0.2, 0) is 7.05 Å². The lowest BCUT2D eigenvalue weighted by atomic mass is 10.1. The molecule has 0 aliphatic rings. The molecular weight excluding hydrogens is 412 g/mol. The minimum atomic E-state index is -0.924. The van der Waals surface area contributed by atoms with Crippen LogP contribution in [0.25, 0.3) is 39.4 Å². The summed E-state index contributed by atoms with van der Waals surface area (Å²) in [5, 5.41) is 0. The van der Waals surface area contributed by atoms with E-state index < -0.39 is 11.6 Å². The number of imidazole rings is 2. The van der Waals surface area contributed by atoms with Gasteiger partial charge in [-0.25, -0.2) is 23.7 Å². The third-order valence-electron chi connectivity index (χ3n) is 5.40. The quantitative estimate of drug-likeness (QED) is 0.398. The summed E-state index contributed by atoms with van der Waals surface area (Å²) in [4.78, 5) is 13.6. The molecule has 0 aliphatic heterocycles. The Balaban J connectivity index is 1.68. The summed E-state index contributed by atoms with van der Waals surface area (Å²) in [5.41, 5.74) is 4.56. The Morgan fingerprint density at radius 3 is 2.47 bits per heavy atom. The number of methoxy groups -OCH3 is 1. The standard InChI is InChI=1S/C24H19F2N5O/c1-14-12-31(13-27-14)20-11-10-18(28-24(20)32-3)15-6-5-9-19-22(15)29-23(30(19)2)16-7-4-8-17(25)21(16)26/h4-13H,1-3H3. The predicted octanol–water partition coefficient (Wildman–Crippen LogP) is 5.08. The SMILES string of the molecule is COc1nc(-c2cccc3c2nc(-c2cccc(F)c2F)n3C)ccc1-n1cnc(C)c1. The first-order chi connectivity index (χ1) is 15.5. The number of nitrogens with zero attached hydrogens (tertiary/aromatic N) is 5. The van der Waals surface area contributed by atoms with Gasteiger partial charge in [-0.05, 0) is 37.3 Å². The van der Waals surface area contributed by atoms with Crippen LogP contribution in [0.1, 0.15) is 5.69 Å². The molecule has 0 N–H and O–H groups in total. The number of benzene rings is 2. The Bertz CT molecular complexity index is 1470. The Labute approximate surface area is 182 Å². The second kappa shape index (κ2) is 7.56. The number of hydrogen-bond donors (Lipinski definition) is 0. The van der Waals surface area contributed by atoms with Crippen LogP contribution in [-0.4, -0.2) is 31.2 Å². The van der Waals surface area contributed by atoms with Crippen molar-refractivity contribution in [3.8, 4) is 34.2 Å². The predicted molar refractivity (Wildman–Crippen MR) is 118 cm³/mol. The highest BCUT2D eigenvalue weighted by Gasteiger charge is 2.19. The first kappa shape index (κ1) is 19.9. The van der Waals surface area contributed by atoms with Gasteiger partial charge in [-0.2, -0.15) is 0 Å². The molecule has 0 unspecified atom stereocenters. The molecule has 2 aromatic carbocycles. The topological polar surface area (TPSA) is 57.8 Å². The molecule has 0 bridgehead atoms. The van der Waals surface area contributed by atoms with Gasteiger partial charge in [0.1, 0.15) is 11.5 Å². The molecule has 6 nitrogen and oxygen atoms in total. The molecule has 3 heterocycles. The van der Waals surface area contributed by atoms with Crippen LogP contribution in [0.4, 0.5) is 8.78 Å². The van der Waals surface area contributed by atoms with Crippen molar-refractivity contribution >= 4 is 11.0 Å². The van der Waals surface area contributed by atoms with Crippen LogP contribution in [0, 0.1) is 18.6 Å². The molecule has 32 heavy (non-hydrogen) atoms. The van der Waals surface area contributed by atoms with E-state index in [4.69, 9.17) is 4.74 Å². The minimum absolute atomic E-state index is 0.103. The number of aromatic nitrogens is 5. The summed E-state index contributed by atoms with van der Waals surface area (Å²) in [7, 11) is 3.34. The van der Waals surface area contributed by atoms with Gasteiger partial charge in [0.15, 0.2) is 11.6 Å². The zero-order valence-electron chi connectivity index (χ0n) is 17.7. The highest BCUT2D eigenvalue weighted by Crippen LogP contribution is 2.33. The molecule has 160 valence electrons. The van der Waals surface area contributed by atoms with Gasteiger partial charge in [0.25, 0.3) is 0 Å². The third kappa shape index (κ3) is 3.11. The first-order valence-electron chi connectivity index (χ1n) is 9.94. The van der Waals surface area contributed by atoms with Crippen LogP contribution in [0.5, 0.6) is 5.88 Å². The first-order valence-corrected chi connectivity index (χ1v) is 9.94. The summed E-state index contributed by atoms with van der Waals surface area (Å²) in [6.07, 6.45) is 3.59. The maximum Gasteiger partial charge on any atom is 0.238 e. The fraction of sp³-hybridized carbons (Fsp3) is 0.125. The second-order valence-corrected chi connectivity index (χ2v) is 7.42. The maximum absolute atomic E-state index is 14.5. The summed E-state index contributed by atoms with van der Waals surface area (Å²) < 4.78 is 37.4. The van der Waals surface area contributed by atoms with E-state index in [1.165, 1.54) is 12.1 Å². The van der Waals surface area contributed by atoms with Gasteiger partial charge in [-0.15, -0.1) is 0 Å². The van der Waals surface area contributed by atoms with Gasteiger partial charge < -0.3 is 13.9 Å². The van der Waals surface area contributed by atoms with E-state index in [1.807, 2.05) is 48.0 Å². The molecular formula is C24H19F2N5O. The lowest BCUT2D eigenvalue weighted by molar-refractivity contribution is 0.396. The second-order valence-electron chi connectivity index (χ2n) is 7.42. The molecule has 0 aliphatic carbocycles. The molecule has 5 rings (SSSR count). The Kier molecular flexibility index (Phi) is 4.70. The molecule has 3 aromatic heterocycles. The Morgan fingerprint density at radius 2 is 1.72 bits per heavy atom. The highest BCUT2D eigenvalue weighted by molar-refractivity contribution is 5.93. The van der Waals surface area contributed by atoms with Crippen molar-refractivity contribution in [2.45, 2.75) is 6.92 Å². The number of hydrogen-bond acceptors (Lipinski definition) is 4. The average Bonchev–Trinajstić information content (AvgIpc) is 3.38. The van der Waals surface area contributed by atoms with Crippen molar-refractivity contribution in [2.75, 3.05) is 7.11 Å². The normalized spacial score (nSPS) is 11.3. The van der Waals surface area contributed by atoms with Crippen molar-refractivity contribution < 1.29 is 13.5 Å². The van der Waals surface area contributed by atoms with E-state index in [-0.39, 0.29) is 5.56 Å². The number of para-hydroxylation sites is 1. The number of pyridine rings is 1. The van der Waals surface area contributed by atoms with Crippen LogP contribution >= 0.6 is 0 Å². The van der Waals surface area contributed by atoms with Gasteiger partial charge in [0.2, 0.25) is 5.88 Å². The lowest BCUT2D eigenvalue weighted by Gasteiger charge is -2.10. The molecule has 5 aromatic rings. The molecule has 0 radical (unpaired) electrons. The summed E-state index contributed by atoms with van der Waals surface area (Å²) in [6, 6.07) is 13.5. The third-order valence-corrected chi connectivity index (χ3v) is 5.40. The summed E-state index contributed by atoms with van der Waals surface area (Å²) in [6.45, 7) is 1.91. The minimum Gasteiger partial charge on any atom is -0.479 e. The highest BCUT2D eigenvalue weighted by atomic mass is 19.2. The van der Waals surface area contributed by atoms with E-state index in [0.717, 1.165) is 28.5 Å². The summed E-state index contributed by atoms with van der Waals surface area (Å²) in [5.74, 6) is -1.06. The van der Waals surface area contributed by atoms with Gasteiger partial charge in [0, 0.05) is 18.8 Å². The lowest BCUT2D eigenvalue weighted by Crippen LogP contribution is -1.99. The van der Waals surface area contributed by atoms with E-state index in [0.29, 0.717) is 22.9 Å². The van der Waals surface area contributed by atoms with Crippen LogP contribution in [0.15, 0.2) is 61.1 Å². The fourth-order valence-electron chi connectivity index (χ4n) is 3.82. The molecule has 0 spiro atoms. The smallest absolute Gasteiger partial charge is 0.238 e. The monoisotopic (exact) mass is 431 g/mol. The maximum atomic E-state index is 14.5. The van der Waals surface area contributed by atoms with E-state index >= 15 is 0 Å². The average molecular weight is 431 g/mol. The van der Waals surface area contributed by atoms with Crippen LogP contribution in [0.3, 0.4) is 0 Å². The molecule has 0 atom stereocenters. The van der Waals surface area contributed by atoms with Gasteiger partial charge in [0.05, 0.1) is 41.4 Å². The number of fused-ring (bicyclic) bond motifs is 1. The van der Waals surface area contributed by atoms with Crippen molar-refractivity contribution in [2.24, 2.45) is 7.05 Å². The van der Waals surface area contributed by atoms with Crippen molar-refractivity contribution in [1.29, 1.82) is 0 Å². The van der Waals surface area contributed by atoms with Crippen molar-refractivity contribution in [1.82, 2.24) is 24.1 Å². The number of rotatable bonds is 4. The molecule has 0 amide bonds. The number of halogens is 2. The number of ether oxygens (including phenoxy) is 1. The summed E-state index contributed by atoms with van der Waals surface area (Å²) >= 11 is 0. The van der Waals surface area contributed by atoms with Crippen molar-refractivity contribution in [3.63, 3.8) is 0 Å². The molecule has 8 heteroatoms. The van der Waals surface area contributed by atoms with Crippen LogP contribution in [0.2, 0.25) is 0 Å². The zero-order chi connectivity index (χ0) is 22.4. The van der Waals surface area contributed by atoms with Crippen molar-refractivity contribution in [3.05, 3.63) is 78.4 Å². The van der Waals surface area contributed by atoms with Crippen LogP contribution < -0.4 is 4.74 Å². The fourth-order valence-corrected chi connectivity index (χ4v) is 3.82. The van der Waals surface area contributed by atoms with Gasteiger partial charge >= 0.3 is 0 Å². The Hall–Kier alpha value is -4.07. The van der Waals surface area contributed by atoms with E-state index in [2.05, 4.69) is 15.0 Å². The number of aryl methyl sites for hydroxylation is 2. The zero-order valence-corrected chi connectivity index (χ0v) is 17.7. The largest absolute Gasteiger partial charge is 0.479 e. The van der Waals surface area contributed by atoms with Gasteiger partial charge in [-0.1, -0.05) is 18.2 Å². The van der Waals surface area contributed by atoms with Gasteiger partial charge in [-0.3, -0.25) is 0 Å². The van der Waals surface area contributed by atoms with E-state index in [1.54, 1.807) is 25.1 Å². The molecule has 0 saturated heterocycles. The Morgan fingerprint density at radius 1 is 0.938 bits per heavy atom. The molecule has 0 fully saturated rings. The molecule has 0 saturated carbocycles. The van der Waals surface area contributed by atoms with E-state index in [9.17, 15) is 8.78 Å².